The molecule has 0 spiro atoms. The van der Waals surface area contributed by atoms with Crippen LogP contribution in [0.25, 0.3) is 6.08 Å². The lowest BCUT2D eigenvalue weighted by Gasteiger charge is -2.08. The van der Waals surface area contributed by atoms with Crippen LogP contribution in [0.4, 0.5) is 0 Å². The second-order valence-corrected chi connectivity index (χ2v) is 3.95. The Labute approximate surface area is 111 Å². The summed E-state index contributed by atoms with van der Waals surface area (Å²) in [6, 6.07) is 10.9. The number of para-hydroxylation sites is 1. The van der Waals surface area contributed by atoms with E-state index < -0.39 is 5.97 Å². The fourth-order valence-corrected chi connectivity index (χ4v) is 1.51. The number of carboxylic acid groups (broad SMARTS) is 1. The predicted octanol–water partition coefficient (Wildman–Crippen LogP) is 3.28. The van der Waals surface area contributed by atoms with Gasteiger partial charge >= 0.3 is 5.97 Å². The molecule has 2 rings (SSSR count). The number of carbonyl (C=O) groups is 1. The highest BCUT2D eigenvalue weighted by molar-refractivity contribution is 5.85. The van der Waals surface area contributed by atoms with Crippen LogP contribution in [0, 0.1) is 6.92 Å². The number of ether oxygens (including phenoxy) is 1. The molecule has 0 saturated carbocycles. The fraction of sp³-hybridized carbons (Fsp3) is 0.0667. The van der Waals surface area contributed by atoms with Gasteiger partial charge in [0.25, 0.3) is 0 Å². The lowest BCUT2D eigenvalue weighted by molar-refractivity contribution is -0.131. The van der Waals surface area contributed by atoms with Crippen LogP contribution >= 0.6 is 0 Å². The van der Waals surface area contributed by atoms with Gasteiger partial charge in [0.2, 0.25) is 0 Å². The zero-order valence-electron chi connectivity index (χ0n) is 10.4. The monoisotopic (exact) mass is 255 g/mol. The van der Waals surface area contributed by atoms with E-state index in [4.69, 9.17) is 9.84 Å². The van der Waals surface area contributed by atoms with E-state index in [-0.39, 0.29) is 0 Å². The predicted molar refractivity (Wildman–Crippen MR) is 72.2 cm³/mol. The van der Waals surface area contributed by atoms with Crippen LogP contribution in [0.5, 0.6) is 11.5 Å². The third-order valence-corrected chi connectivity index (χ3v) is 2.44. The van der Waals surface area contributed by atoms with Crippen molar-refractivity contribution < 1.29 is 14.6 Å². The summed E-state index contributed by atoms with van der Waals surface area (Å²) in [5.74, 6) is 0.208. The molecule has 0 aliphatic heterocycles. The largest absolute Gasteiger partial charge is 0.478 e. The van der Waals surface area contributed by atoms with Crippen LogP contribution < -0.4 is 4.74 Å². The standard InChI is InChI=1S/C15H13NO3/c1-11-6-8-13(10-16-11)19-14-5-3-2-4-12(14)7-9-15(17)18/h2-10H,1H3,(H,17,18). The minimum absolute atomic E-state index is 0.589. The molecule has 1 aromatic carbocycles. The molecule has 96 valence electrons. The van der Waals surface area contributed by atoms with Crippen LogP contribution in [0.1, 0.15) is 11.3 Å². The summed E-state index contributed by atoms with van der Waals surface area (Å²) >= 11 is 0. The van der Waals surface area contributed by atoms with Gasteiger partial charge in [-0.1, -0.05) is 18.2 Å². The van der Waals surface area contributed by atoms with Gasteiger partial charge < -0.3 is 9.84 Å². The Hall–Kier alpha value is -2.62. The number of hydrogen-bond donors (Lipinski definition) is 1. The molecule has 19 heavy (non-hydrogen) atoms. The smallest absolute Gasteiger partial charge is 0.328 e. The Morgan fingerprint density at radius 2 is 2.05 bits per heavy atom. The van der Waals surface area contributed by atoms with Crippen molar-refractivity contribution in [1.29, 1.82) is 0 Å². The summed E-state index contributed by atoms with van der Waals surface area (Å²) in [5, 5.41) is 8.65. The maximum atomic E-state index is 10.5. The van der Waals surface area contributed by atoms with Gasteiger partial charge in [0.05, 0.1) is 6.20 Å². The molecular weight excluding hydrogens is 242 g/mol. The number of nitrogens with zero attached hydrogens (tertiary/aromatic N) is 1. The highest BCUT2D eigenvalue weighted by Crippen LogP contribution is 2.25. The molecule has 0 amide bonds. The van der Waals surface area contributed by atoms with Crippen molar-refractivity contribution in [2.75, 3.05) is 0 Å². The van der Waals surface area contributed by atoms with E-state index >= 15 is 0 Å². The second-order valence-electron chi connectivity index (χ2n) is 3.95. The number of aryl methyl sites for hydroxylation is 1. The van der Waals surface area contributed by atoms with Crippen molar-refractivity contribution >= 4 is 12.0 Å². The van der Waals surface area contributed by atoms with E-state index in [1.807, 2.05) is 31.2 Å². The normalized spacial score (nSPS) is 10.6. The van der Waals surface area contributed by atoms with Gasteiger partial charge in [0.1, 0.15) is 11.5 Å². The first-order valence-electron chi connectivity index (χ1n) is 5.76. The maximum absolute atomic E-state index is 10.5. The molecular formula is C15H13NO3. The van der Waals surface area contributed by atoms with E-state index in [2.05, 4.69) is 4.98 Å². The Balaban J connectivity index is 2.24. The molecule has 1 heterocycles. The Kier molecular flexibility index (Phi) is 3.93. The molecule has 0 atom stereocenters. The molecule has 0 unspecified atom stereocenters. The van der Waals surface area contributed by atoms with Gasteiger partial charge in [0, 0.05) is 17.3 Å². The summed E-state index contributed by atoms with van der Waals surface area (Å²) in [6.07, 6.45) is 4.21. The maximum Gasteiger partial charge on any atom is 0.328 e. The number of carboxylic acids is 1. The molecule has 4 heteroatoms. The highest BCUT2D eigenvalue weighted by Gasteiger charge is 2.02. The molecule has 4 nitrogen and oxygen atoms in total. The first kappa shape index (κ1) is 12.8. The molecule has 0 aliphatic carbocycles. The third-order valence-electron chi connectivity index (χ3n) is 2.44. The zero-order chi connectivity index (χ0) is 13.7. The van der Waals surface area contributed by atoms with Crippen LogP contribution in [0.15, 0.2) is 48.7 Å². The molecule has 2 aromatic rings. The van der Waals surface area contributed by atoms with Crippen molar-refractivity contribution in [2.24, 2.45) is 0 Å². The first-order valence-corrected chi connectivity index (χ1v) is 5.76. The second kappa shape index (κ2) is 5.82. The topological polar surface area (TPSA) is 59.4 Å². The number of benzene rings is 1. The molecule has 0 saturated heterocycles. The zero-order valence-corrected chi connectivity index (χ0v) is 10.4. The summed E-state index contributed by atoms with van der Waals surface area (Å²) in [5.41, 5.74) is 1.61. The van der Waals surface area contributed by atoms with Crippen LogP contribution in [-0.4, -0.2) is 16.1 Å². The molecule has 1 aromatic heterocycles. The molecule has 0 aliphatic rings. The SMILES string of the molecule is Cc1ccc(Oc2ccccc2C=CC(=O)O)cn1. The van der Waals surface area contributed by atoms with Crippen molar-refractivity contribution in [3.05, 3.63) is 59.9 Å². The fourth-order valence-electron chi connectivity index (χ4n) is 1.51. The molecule has 0 bridgehead atoms. The number of hydrogen-bond acceptors (Lipinski definition) is 3. The highest BCUT2D eigenvalue weighted by atomic mass is 16.5. The van der Waals surface area contributed by atoms with E-state index in [9.17, 15) is 4.79 Å². The van der Waals surface area contributed by atoms with Gasteiger partial charge in [-0.25, -0.2) is 4.79 Å². The Morgan fingerprint density at radius 1 is 1.26 bits per heavy atom. The van der Waals surface area contributed by atoms with Gasteiger partial charge in [-0.3, -0.25) is 4.98 Å². The van der Waals surface area contributed by atoms with Gasteiger partial charge in [-0.05, 0) is 31.2 Å². The summed E-state index contributed by atoms with van der Waals surface area (Å²) in [7, 11) is 0. The first-order chi connectivity index (χ1) is 9.15. The number of rotatable bonds is 4. The number of aliphatic carboxylic acids is 1. The van der Waals surface area contributed by atoms with Crippen molar-refractivity contribution in [2.45, 2.75) is 6.92 Å². The lowest BCUT2D eigenvalue weighted by atomic mass is 10.2. The van der Waals surface area contributed by atoms with Crippen LogP contribution in [-0.2, 0) is 4.79 Å². The minimum Gasteiger partial charge on any atom is -0.478 e. The van der Waals surface area contributed by atoms with Gasteiger partial charge in [0.15, 0.2) is 0 Å². The van der Waals surface area contributed by atoms with E-state index in [0.29, 0.717) is 17.1 Å². The lowest BCUT2D eigenvalue weighted by Crippen LogP contribution is -1.90. The molecule has 0 fully saturated rings. The van der Waals surface area contributed by atoms with Gasteiger partial charge in [-0.15, -0.1) is 0 Å². The Morgan fingerprint density at radius 3 is 2.74 bits per heavy atom. The van der Waals surface area contributed by atoms with E-state index in [1.165, 1.54) is 6.08 Å². The van der Waals surface area contributed by atoms with Gasteiger partial charge in [-0.2, -0.15) is 0 Å². The van der Waals surface area contributed by atoms with Crippen LogP contribution in [0.2, 0.25) is 0 Å². The number of aromatic nitrogens is 1. The summed E-state index contributed by atoms with van der Waals surface area (Å²) < 4.78 is 5.69. The molecule has 1 N–H and O–H groups in total. The average molecular weight is 255 g/mol. The van der Waals surface area contributed by atoms with E-state index in [0.717, 1.165) is 11.8 Å². The quantitative estimate of drug-likeness (QED) is 0.852. The minimum atomic E-state index is -0.994. The van der Waals surface area contributed by atoms with Crippen LogP contribution in [0.3, 0.4) is 0 Å². The Bertz CT molecular complexity index is 603. The van der Waals surface area contributed by atoms with Crippen molar-refractivity contribution in [1.82, 2.24) is 4.98 Å². The van der Waals surface area contributed by atoms with Crippen molar-refractivity contribution in [3.8, 4) is 11.5 Å². The van der Waals surface area contributed by atoms with Crippen molar-refractivity contribution in [3.63, 3.8) is 0 Å². The van der Waals surface area contributed by atoms with E-state index in [1.54, 1.807) is 18.3 Å². The average Bonchev–Trinajstić information content (AvgIpc) is 2.40. The molecule has 0 radical (unpaired) electrons. The summed E-state index contributed by atoms with van der Waals surface area (Å²) in [6.45, 7) is 1.90. The summed E-state index contributed by atoms with van der Waals surface area (Å²) in [4.78, 5) is 14.7. The number of pyridine rings is 1. The third kappa shape index (κ3) is 3.67.